The van der Waals surface area contributed by atoms with Crippen LogP contribution in [-0.4, -0.2) is 14.7 Å². The van der Waals surface area contributed by atoms with E-state index >= 15 is 0 Å². The highest BCUT2D eigenvalue weighted by atomic mass is 28.3. The van der Waals surface area contributed by atoms with E-state index < -0.39 is 8.07 Å². The zero-order chi connectivity index (χ0) is 35.0. The Kier molecular flexibility index (Phi) is 9.42. The average molecular weight is 671 g/mol. The van der Waals surface area contributed by atoms with Crippen molar-refractivity contribution < 1.29 is 4.74 Å². The van der Waals surface area contributed by atoms with E-state index in [0.29, 0.717) is 18.4 Å². The topological polar surface area (TPSA) is 9.23 Å². The molecule has 0 saturated heterocycles. The summed E-state index contributed by atoms with van der Waals surface area (Å²) in [6, 6.07) is 46.0. The Bertz CT molecular complexity index is 2090. The third-order valence-electron chi connectivity index (χ3n) is 11.5. The first-order valence-electron chi connectivity index (χ1n) is 18.5. The molecule has 0 amide bonds. The summed E-state index contributed by atoms with van der Waals surface area (Å²) in [6.45, 7) is 18.9. The fourth-order valence-electron chi connectivity index (χ4n) is 8.40. The van der Waals surface area contributed by atoms with E-state index in [2.05, 4.69) is 169 Å². The lowest BCUT2D eigenvalue weighted by atomic mass is 9.89. The second kappa shape index (κ2) is 13.9. The molecule has 50 heavy (non-hydrogen) atoms. The maximum Gasteiger partial charge on any atom is 0.126 e. The van der Waals surface area contributed by atoms with E-state index in [-0.39, 0.29) is 5.54 Å². The van der Waals surface area contributed by atoms with Gasteiger partial charge in [0.2, 0.25) is 0 Å². The van der Waals surface area contributed by atoms with Crippen LogP contribution in [0.2, 0.25) is 13.1 Å². The van der Waals surface area contributed by atoms with E-state index in [1.54, 1.807) is 0 Å². The first-order valence-corrected chi connectivity index (χ1v) is 21.6. The van der Waals surface area contributed by atoms with Crippen molar-refractivity contribution in [2.75, 3.05) is 6.61 Å². The zero-order valence-corrected chi connectivity index (χ0v) is 31.6. The Morgan fingerprint density at radius 2 is 1.16 bits per heavy atom. The molecule has 0 saturated carbocycles. The summed E-state index contributed by atoms with van der Waals surface area (Å²) in [6.07, 6.45) is 4.10. The molecule has 0 aromatic heterocycles. The van der Waals surface area contributed by atoms with Crippen molar-refractivity contribution in [3.8, 4) is 39.1 Å². The Labute approximate surface area is 300 Å². The van der Waals surface area contributed by atoms with Gasteiger partial charge in [-0.3, -0.25) is 0 Å². The van der Waals surface area contributed by atoms with E-state index in [4.69, 9.17) is 4.74 Å². The molecule has 0 fully saturated rings. The molecule has 6 aromatic carbocycles. The zero-order valence-electron chi connectivity index (χ0n) is 30.6. The van der Waals surface area contributed by atoms with Gasteiger partial charge in [-0.1, -0.05) is 175 Å². The Morgan fingerprint density at radius 1 is 0.640 bits per heavy atom. The van der Waals surface area contributed by atoms with Crippen LogP contribution in [0.15, 0.2) is 134 Å². The van der Waals surface area contributed by atoms with Gasteiger partial charge >= 0.3 is 0 Å². The summed E-state index contributed by atoms with van der Waals surface area (Å²) in [5, 5.41) is 3.75. The van der Waals surface area contributed by atoms with Gasteiger partial charge in [-0.15, -0.1) is 0 Å². The molecule has 0 radical (unpaired) electrons. The van der Waals surface area contributed by atoms with Crippen LogP contribution in [-0.2, 0) is 0 Å². The van der Waals surface area contributed by atoms with Gasteiger partial charge in [0.1, 0.15) is 12.4 Å². The minimum absolute atomic E-state index is 0.242. The van der Waals surface area contributed by atoms with Crippen molar-refractivity contribution in [2.45, 2.75) is 71.0 Å². The number of fused-ring (bicyclic) bond motifs is 4. The minimum Gasteiger partial charge on any atom is -0.489 e. The molecule has 1 nitrogen and oxygen atoms in total. The van der Waals surface area contributed by atoms with Gasteiger partial charge < -0.3 is 4.74 Å². The highest BCUT2D eigenvalue weighted by Gasteiger charge is 2.44. The Morgan fingerprint density at radius 3 is 1.70 bits per heavy atom. The molecule has 2 atom stereocenters. The van der Waals surface area contributed by atoms with Crippen LogP contribution in [0.5, 0.6) is 5.75 Å². The maximum absolute atomic E-state index is 6.63. The van der Waals surface area contributed by atoms with Gasteiger partial charge in [0.15, 0.2) is 0 Å². The molecular formula is C48H50OSi. The molecule has 0 heterocycles. The molecule has 2 heteroatoms. The number of ether oxygens (including phenoxy) is 1. The van der Waals surface area contributed by atoms with Crippen molar-refractivity contribution in [3.05, 3.63) is 156 Å². The molecular weight excluding hydrogens is 621 g/mol. The summed E-state index contributed by atoms with van der Waals surface area (Å²) in [7, 11) is -2.35. The molecule has 1 aliphatic rings. The molecule has 6 aromatic rings. The molecule has 0 spiro atoms. The Balaban J connectivity index is 1.47. The van der Waals surface area contributed by atoms with Crippen LogP contribution < -0.4 is 9.92 Å². The van der Waals surface area contributed by atoms with Gasteiger partial charge in [-0.25, -0.2) is 0 Å². The fourth-order valence-corrected chi connectivity index (χ4v) is 12.0. The first-order chi connectivity index (χ1) is 24.3. The van der Waals surface area contributed by atoms with Gasteiger partial charge in [-0.2, -0.15) is 0 Å². The van der Waals surface area contributed by atoms with Crippen LogP contribution in [0.1, 0.15) is 80.2 Å². The van der Waals surface area contributed by atoms with Crippen LogP contribution in [0, 0.1) is 0 Å². The van der Waals surface area contributed by atoms with Crippen molar-refractivity contribution >= 4 is 24.0 Å². The molecule has 0 aliphatic heterocycles. The molecule has 7 rings (SSSR count). The smallest absolute Gasteiger partial charge is 0.126 e. The van der Waals surface area contributed by atoms with Gasteiger partial charge in [0.05, 0.1) is 8.07 Å². The van der Waals surface area contributed by atoms with Crippen molar-refractivity contribution in [2.24, 2.45) is 0 Å². The summed E-state index contributed by atoms with van der Waals surface area (Å²) in [4.78, 5) is 0. The van der Waals surface area contributed by atoms with E-state index in [9.17, 15) is 0 Å². The molecule has 2 unspecified atom stereocenters. The first kappa shape index (κ1) is 33.8. The highest BCUT2D eigenvalue weighted by molar-refractivity contribution is 6.92. The predicted octanol–water partition coefficient (Wildman–Crippen LogP) is 13.0. The van der Waals surface area contributed by atoms with Gasteiger partial charge in [0.25, 0.3) is 0 Å². The van der Waals surface area contributed by atoms with Crippen LogP contribution in [0.3, 0.4) is 0 Å². The minimum atomic E-state index is -2.35. The number of hydrogen-bond acceptors (Lipinski definition) is 1. The summed E-state index contributed by atoms with van der Waals surface area (Å²) in [5.41, 5.74) is 14.0. The number of benzene rings is 6. The van der Waals surface area contributed by atoms with Crippen LogP contribution in [0.25, 0.3) is 44.2 Å². The lowest BCUT2D eigenvalue weighted by Gasteiger charge is -2.34. The van der Waals surface area contributed by atoms with E-state index in [1.165, 1.54) is 71.6 Å². The third kappa shape index (κ3) is 5.84. The van der Waals surface area contributed by atoms with Crippen molar-refractivity contribution in [3.63, 3.8) is 0 Å². The second-order valence-corrected chi connectivity index (χ2v) is 19.4. The summed E-state index contributed by atoms with van der Waals surface area (Å²) in [5.74, 6) is 2.01. The number of hydrogen-bond donors (Lipinski definition) is 0. The van der Waals surface area contributed by atoms with Crippen molar-refractivity contribution in [1.82, 2.24) is 0 Å². The van der Waals surface area contributed by atoms with Crippen LogP contribution >= 0.6 is 0 Å². The van der Waals surface area contributed by atoms with E-state index in [1.807, 2.05) is 6.08 Å². The third-order valence-corrected chi connectivity index (χ3v) is 15.3. The van der Waals surface area contributed by atoms with E-state index in [0.717, 1.165) is 18.6 Å². The molecule has 252 valence electrons. The van der Waals surface area contributed by atoms with Gasteiger partial charge in [0, 0.05) is 10.9 Å². The number of rotatable bonds is 11. The largest absolute Gasteiger partial charge is 0.489 e. The predicted molar refractivity (Wildman–Crippen MR) is 219 cm³/mol. The standard InChI is InChI=1S/C48H50OSi/c1-8-29-49-47-41-22-12-11-17-34(41)25-28-46(47)50(6,7)48-44-30-35(39-20-15-13-18-37(39)32(4)9-2)23-26-42(44)43-27-24-36(31-45(43)48)40-21-16-14-19-38(40)33(5)10-3/h8,11-28,30-33,48H,1,9-10,29H2,2-7H3. The van der Waals surface area contributed by atoms with Crippen LogP contribution in [0.4, 0.5) is 0 Å². The lowest BCUT2D eigenvalue weighted by Crippen LogP contribution is -2.48. The average Bonchev–Trinajstić information content (AvgIpc) is 3.49. The van der Waals surface area contributed by atoms with Gasteiger partial charge in [-0.05, 0) is 90.9 Å². The molecule has 1 aliphatic carbocycles. The highest BCUT2D eigenvalue weighted by Crippen LogP contribution is 2.52. The fraction of sp³-hybridized carbons (Fsp3) is 0.250. The monoisotopic (exact) mass is 670 g/mol. The summed E-state index contributed by atoms with van der Waals surface area (Å²) < 4.78 is 6.63. The quantitative estimate of drug-likeness (QED) is 0.0984. The normalized spacial score (nSPS) is 15.0. The Hall–Kier alpha value is -4.66. The second-order valence-electron chi connectivity index (χ2n) is 14.8. The van der Waals surface area contributed by atoms with Crippen molar-refractivity contribution in [1.29, 1.82) is 0 Å². The SMILES string of the molecule is C=CCOc1c([Si](C)(C)C2c3cc(-c4ccccc4C(C)CC)ccc3-c3ccc(-c4ccccc4C(C)CC)cc32)ccc2ccccc12. The lowest BCUT2D eigenvalue weighted by molar-refractivity contribution is 0.370. The maximum atomic E-state index is 6.63. The molecule has 0 N–H and O–H groups in total. The molecule has 0 bridgehead atoms. The summed E-state index contributed by atoms with van der Waals surface area (Å²) >= 11 is 0.